The van der Waals surface area contributed by atoms with Crippen molar-refractivity contribution in [2.75, 3.05) is 13.2 Å². The van der Waals surface area contributed by atoms with E-state index in [4.69, 9.17) is 15.2 Å². The molecule has 0 aromatic heterocycles. The Kier molecular flexibility index (Phi) is 3.92. The smallest absolute Gasteiger partial charge is 0.293 e. The van der Waals surface area contributed by atoms with E-state index < -0.39 is 22.7 Å². The normalized spacial score (nSPS) is 32.4. The number of halogens is 1. The third kappa shape index (κ3) is 1.72. The standard InChI is InChI=1S/C17H17BrN4O2/c1-3-23-17(24-4-2)16(10-20)13(11-6-5-7-12(18)8-11)15(16,9-19)14(21)22-17/h5-8,13H,3-4H2,1-2H3,(H2,21,22)/t13-,15+,16-/m1/s1. The van der Waals surface area contributed by atoms with Gasteiger partial charge < -0.3 is 15.2 Å². The van der Waals surface area contributed by atoms with E-state index in [1.807, 2.05) is 24.3 Å². The van der Waals surface area contributed by atoms with Crippen molar-refractivity contribution in [3.05, 3.63) is 34.3 Å². The molecule has 2 N–H and O–H groups in total. The third-order valence-electron chi connectivity index (χ3n) is 4.79. The van der Waals surface area contributed by atoms with Crippen LogP contribution in [0.1, 0.15) is 25.3 Å². The van der Waals surface area contributed by atoms with Gasteiger partial charge in [0.25, 0.3) is 5.91 Å². The summed E-state index contributed by atoms with van der Waals surface area (Å²) < 4.78 is 12.4. The molecule has 6 nitrogen and oxygen atoms in total. The Hall–Kier alpha value is -1.93. The molecule has 0 spiro atoms. The summed E-state index contributed by atoms with van der Waals surface area (Å²) >= 11 is 3.43. The highest BCUT2D eigenvalue weighted by molar-refractivity contribution is 9.10. The molecule has 1 aromatic carbocycles. The second-order valence-electron chi connectivity index (χ2n) is 5.77. The molecule has 1 heterocycles. The monoisotopic (exact) mass is 388 g/mol. The van der Waals surface area contributed by atoms with Gasteiger partial charge in [-0.15, -0.1) is 0 Å². The fourth-order valence-corrected chi connectivity index (χ4v) is 4.35. The third-order valence-corrected chi connectivity index (χ3v) is 5.28. The molecule has 0 radical (unpaired) electrons. The molecular weight excluding hydrogens is 372 g/mol. The van der Waals surface area contributed by atoms with Gasteiger partial charge in [0.2, 0.25) is 0 Å². The molecule has 0 amide bonds. The highest BCUT2D eigenvalue weighted by atomic mass is 79.9. The molecule has 0 bridgehead atoms. The lowest BCUT2D eigenvalue weighted by molar-refractivity contribution is -0.255. The summed E-state index contributed by atoms with van der Waals surface area (Å²) in [6.07, 6.45) is 0. The van der Waals surface area contributed by atoms with E-state index in [1.165, 1.54) is 0 Å². The Morgan fingerprint density at radius 1 is 1.25 bits per heavy atom. The van der Waals surface area contributed by atoms with Gasteiger partial charge in [-0.3, -0.25) is 0 Å². The van der Waals surface area contributed by atoms with Crippen LogP contribution in [0.4, 0.5) is 0 Å². The number of ether oxygens (including phenoxy) is 2. The molecule has 1 aromatic rings. The van der Waals surface area contributed by atoms with Crippen LogP contribution in [-0.4, -0.2) is 25.0 Å². The zero-order valence-corrected chi connectivity index (χ0v) is 15.0. The zero-order valence-electron chi connectivity index (χ0n) is 13.4. The van der Waals surface area contributed by atoms with Crippen molar-refractivity contribution >= 4 is 21.8 Å². The number of amidine groups is 1. The largest absolute Gasteiger partial charge is 0.386 e. The molecule has 1 aliphatic heterocycles. The highest BCUT2D eigenvalue weighted by Gasteiger charge is 2.93. The zero-order chi connectivity index (χ0) is 17.6. The Morgan fingerprint density at radius 2 is 1.92 bits per heavy atom. The van der Waals surface area contributed by atoms with Crippen LogP contribution in [0.15, 0.2) is 33.7 Å². The van der Waals surface area contributed by atoms with E-state index in [0.29, 0.717) is 0 Å². The average molecular weight is 389 g/mol. The van der Waals surface area contributed by atoms with Crippen molar-refractivity contribution < 1.29 is 9.47 Å². The fourth-order valence-electron chi connectivity index (χ4n) is 3.94. The average Bonchev–Trinajstić information content (AvgIpc) is 3.14. The summed E-state index contributed by atoms with van der Waals surface area (Å²) in [6.45, 7) is 4.15. The van der Waals surface area contributed by atoms with Gasteiger partial charge in [0, 0.05) is 23.6 Å². The molecule has 1 fully saturated rings. The lowest BCUT2D eigenvalue weighted by atomic mass is 9.93. The molecular formula is C17H17BrN4O2. The molecule has 1 aliphatic carbocycles. The number of rotatable bonds is 5. The molecule has 3 atom stereocenters. The van der Waals surface area contributed by atoms with Gasteiger partial charge in [0.05, 0.1) is 12.1 Å². The van der Waals surface area contributed by atoms with E-state index in [1.54, 1.807) is 13.8 Å². The van der Waals surface area contributed by atoms with Crippen LogP contribution in [0, 0.1) is 33.5 Å². The molecule has 124 valence electrons. The van der Waals surface area contributed by atoms with Crippen LogP contribution in [0.2, 0.25) is 0 Å². The van der Waals surface area contributed by atoms with Gasteiger partial charge in [-0.05, 0) is 31.5 Å². The maximum atomic E-state index is 10.1. The predicted molar refractivity (Wildman–Crippen MR) is 90.6 cm³/mol. The predicted octanol–water partition coefficient (Wildman–Crippen LogP) is 2.66. The van der Waals surface area contributed by atoms with E-state index in [0.717, 1.165) is 10.0 Å². The van der Waals surface area contributed by atoms with Gasteiger partial charge in [-0.25, -0.2) is 4.99 Å². The molecule has 0 unspecified atom stereocenters. The summed E-state index contributed by atoms with van der Waals surface area (Å²) in [5, 5.41) is 20.0. The maximum absolute atomic E-state index is 10.1. The van der Waals surface area contributed by atoms with E-state index in [9.17, 15) is 10.5 Å². The molecule has 7 heteroatoms. The Labute approximate surface area is 149 Å². The van der Waals surface area contributed by atoms with Crippen molar-refractivity contribution in [3.8, 4) is 12.1 Å². The summed E-state index contributed by atoms with van der Waals surface area (Å²) in [5.74, 6) is -1.93. The second-order valence-corrected chi connectivity index (χ2v) is 6.69. The first-order chi connectivity index (χ1) is 11.5. The minimum absolute atomic E-state index is 0.0958. The first-order valence-corrected chi connectivity index (χ1v) is 8.50. The number of hydrogen-bond acceptors (Lipinski definition) is 6. The van der Waals surface area contributed by atoms with Gasteiger partial charge in [-0.1, -0.05) is 28.1 Å². The van der Waals surface area contributed by atoms with Gasteiger partial charge in [-0.2, -0.15) is 10.5 Å². The van der Waals surface area contributed by atoms with Gasteiger partial charge >= 0.3 is 0 Å². The van der Waals surface area contributed by atoms with Crippen molar-refractivity contribution in [1.29, 1.82) is 10.5 Å². The van der Waals surface area contributed by atoms with E-state index >= 15 is 0 Å². The summed E-state index contributed by atoms with van der Waals surface area (Å²) in [6, 6.07) is 12.0. The SMILES string of the molecule is CCOC1(OCC)N=C(N)[C@]2(C#N)[C@@H](c3cccc(Br)c3)[C@@]12C#N. The van der Waals surface area contributed by atoms with Crippen LogP contribution in [0.25, 0.3) is 0 Å². The first-order valence-electron chi connectivity index (χ1n) is 7.71. The topological polar surface area (TPSA) is 104 Å². The van der Waals surface area contributed by atoms with Gasteiger partial charge in [0.1, 0.15) is 11.3 Å². The van der Waals surface area contributed by atoms with Crippen LogP contribution in [0.5, 0.6) is 0 Å². The molecule has 1 saturated carbocycles. The van der Waals surface area contributed by atoms with Crippen molar-refractivity contribution in [2.45, 2.75) is 25.7 Å². The highest BCUT2D eigenvalue weighted by Crippen LogP contribution is 2.82. The molecule has 3 rings (SSSR count). The molecule has 2 aliphatic rings. The van der Waals surface area contributed by atoms with Crippen LogP contribution in [0.3, 0.4) is 0 Å². The number of aliphatic imine (C=N–C) groups is 1. The number of hydrogen-bond donors (Lipinski definition) is 1. The van der Waals surface area contributed by atoms with Crippen LogP contribution >= 0.6 is 15.9 Å². The van der Waals surface area contributed by atoms with Crippen LogP contribution in [-0.2, 0) is 9.47 Å². The Balaban J connectivity index is 2.23. The quantitative estimate of drug-likeness (QED) is 0.780. The van der Waals surface area contributed by atoms with E-state index in [2.05, 4.69) is 33.1 Å². The Morgan fingerprint density at radius 3 is 2.42 bits per heavy atom. The molecule has 0 saturated heterocycles. The lowest BCUT2D eigenvalue weighted by Crippen LogP contribution is -2.43. The number of nitrogens with zero attached hydrogens (tertiary/aromatic N) is 3. The number of nitrogens with two attached hydrogens (primary N) is 1. The summed E-state index contributed by atoms with van der Waals surface area (Å²) in [4.78, 5) is 4.31. The van der Waals surface area contributed by atoms with Crippen LogP contribution < -0.4 is 5.73 Å². The van der Waals surface area contributed by atoms with Gasteiger partial charge in [0.15, 0.2) is 5.41 Å². The number of nitriles is 2. The minimum atomic E-state index is -1.56. The molecule has 24 heavy (non-hydrogen) atoms. The lowest BCUT2D eigenvalue weighted by Gasteiger charge is -2.31. The minimum Gasteiger partial charge on any atom is -0.386 e. The first kappa shape index (κ1) is 16.9. The van der Waals surface area contributed by atoms with Crippen molar-refractivity contribution in [1.82, 2.24) is 0 Å². The maximum Gasteiger partial charge on any atom is 0.293 e. The summed E-state index contributed by atoms with van der Waals surface area (Å²) in [7, 11) is 0. The fraction of sp³-hybridized carbons (Fsp3) is 0.471. The van der Waals surface area contributed by atoms with Crippen molar-refractivity contribution in [3.63, 3.8) is 0 Å². The summed E-state index contributed by atoms with van der Waals surface area (Å²) in [5.41, 5.74) is 4.42. The second kappa shape index (κ2) is 5.56. The Bertz CT molecular complexity index is 791. The van der Waals surface area contributed by atoms with E-state index in [-0.39, 0.29) is 19.0 Å². The number of fused-ring (bicyclic) bond motifs is 1. The number of benzene rings is 1. The van der Waals surface area contributed by atoms with Crippen molar-refractivity contribution in [2.24, 2.45) is 21.6 Å².